The van der Waals surface area contributed by atoms with Crippen molar-refractivity contribution in [2.75, 3.05) is 5.32 Å². The van der Waals surface area contributed by atoms with Gasteiger partial charge in [0.05, 0.1) is 5.56 Å². The molecule has 0 fully saturated rings. The fourth-order valence-corrected chi connectivity index (χ4v) is 4.42. The van der Waals surface area contributed by atoms with E-state index in [4.69, 9.17) is 12.6 Å². The van der Waals surface area contributed by atoms with Crippen LogP contribution in [0.25, 0.3) is 0 Å². The Morgan fingerprint density at radius 2 is 1.75 bits per heavy atom. The van der Waals surface area contributed by atoms with Crippen LogP contribution >= 0.6 is 0 Å². The lowest BCUT2D eigenvalue weighted by atomic mass is 10.2. The van der Waals surface area contributed by atoms with E-state index in [1.165, 1.54) is 25.1 Å². The Morgan fingerprint density at radius 3 is 2.42 bits per heavy atom. The van der Waals surface area contributed by atoms with Gasteiger partial charge >= 0.3 is 0 Å². The van der Waals surface area contributed by atoms with Gasteiger partial charge in [-0.25, -0.2) is 12.7 Å². The third-order valence-corrected chi connectivity index (χ3v) is 6.00. The zero-order valence-electron chi connectivity index (χ0n) is 12.6. The summed E-state index contributed by atoms with van der Waals surface area (Å²) in [7, 11) is -4.05. The molecule has 0 unspecified atom stereocenters. The molecule has 1 aliphatic rings. The van der Waals surface area contributed by atoms with Crippen molar-refractivity contribution >= 4 is 40.2 Å². The van der Waals surface area contributed by atoms with Gasteiger partial charge < -0.3 is 17.9 Å². The first-order chi connectivity index (χ1) is 11.3. The highest BCUT2D eigenvalue weighted by molar-refractivity contribution is 7.90. The van der Waals surface area contributed by atoms with Gasteiger partial charge in [0.25, 0.3) is 15.9 Å². The minimum Gasteiger partial charge on any atom is -0.778 e. The number of carbonyl (C=O) groups excluding carboxylic acids is 2. The van der Waals surface area contributed by atoms with Crippen molar-refractivity contribution in [2.24, 2.45) is 0 Å². The predicted octanol–water partition coefficient (Wildman–Crippen LogP) is 1.76. The number of carbonyl (C=O) groups is 2. The summed E-state index contributed by atoms with van der Waals surface area (Å²) < 4.78 is 25.7. The maximum absolute atomic E-state index is 12.6. The summed E-state index contributed by atoms with van der Waals surface area (Å²) in [6.07, 6.45) is 0. The second-order valence-corrected chi connectivity index (χ2v) is 7.49. The summed E-state index contributed by atoms with van der Waals surface area (Å²) >= 11 is 5.10. The SMILES string of the molecule is C[C@H](C(=O)Nc1ccccc1[S-])N1C(=O)c2ccccc2S1(=O)=O. The molecule has 2 aromatic carbocycles. The van der Waals surface area contributed by atoms with E-state index in [0.717, 1.165) is 0 Å². The van der Waals surface area contributed by atoms with Gasteiger partial charge in [-0.3, -0.25) is 9.59 Å². The Bertz CT molecular complexity index is 941. The molecule has 2 amide bonds. The van der Waals surface area contributed by atoms with Crippen LogP contribution in [0.4, 0.5) is 5.69 Å². The molecule has 1 aliphatic heterocycles. The predicted molar refractivity (Wildman–Crippen MR) is 90.0 cm³/mol. The van der Waals surface area contributed by atoms with Crippen LogP contribution in [-0.2, 0) is 27.4 Å². The molecular weight excluding hydrogens is 348 g/mol. The molecule has 124 valence electrons. The quantitative estimate of drug-likeness (QED) is 0.843. The normalized spacial score (nSPS) is 16.5. The lowest BCUT2D eigenvalue weighted by Gasteiger charge is -2.23. The molecule has 0 radical (unpaired) electrons. The minimum atomic E-state index is -4.05. The zero-order valence-corrected chi connectivity index (χ0v) is 14.2. The lowest BCUT2D eigenvalue weighted by Crippen LogP contribution is -2.45. The number of fused-ring (bicyclic) bond motifs is 1. The number of nitrogens with zero attached hydrogens (tertiary/aromatic N) is 1. The van der Waals surface area contributed by atoms with Crippen molar-refractivity contribution in [1.82, 2.24) is 4.31 Å². The molecule has 3 rings (SSSR count). The number of rotatable bonds is 3. The van der Waals surface area contributed by atoms with Crippen LogP contribution in [0.3, 0.4) is 0 Å². The first kappa shape index (κ1) is 16.4. The fraction of sp³-hybridized carbons (Fsp3) is 0.125. The van der Waals surface area contributed by atoms with E-state index in [0.29, 0.717) is 14.9 Å². The first-order valence-electron chi connectivity index (χ1n) is 7.08. The van der Waals surface area contributed by atoms with Crippen LogP contribution in [0.1, 0.15) is 17.3 Å². The third-order valence-electron chi connectivity index (χ3n) is 3.73. The monoisotopic (exact) mass is 361 g/mol. The standard InChI is InChI=1S/C16H14N2O4S2/c1-10(15(19)17-12-7-3-4-8-13(12)23)18-16(20)11-6-2-5-9-14(11)24(18,21)22/h2-10,23H,1H3,(H,17,19)/p-1/t10-/m1/s1. The Hall–Kier alpha value is -2.45. The van der Waals surface area contributed by atoms with Crippen LogP contribution in [0.2, 0.25) is 0 Å². The molecule has 24 heavy (non-hydrogen) atoms. The number of hydrogen-bond acceptors (Lipinski definition) is 5. The summed E-state index contributed by atoms with van der Waals surface area (Å²) in [5, 5.41) is 2.57. The molecule has 1 atom stereocenters. The van der Waals surface area contributed by atoms with Gasteiger partial charge in [-0.15, -0.1) is 0 Å². The van der Waals surface area contributed by atoms with Crippen LogP contribution in [0.5, 0.6) is 0 Å². The maximum atomic E-state index is 12.6. The average Bonchev–Trinajstić information content (AvgIpc) is 2.76. The van der Waals surface area contributed by atoms with Crippen LogP contribution in [-0.4, -0.2) is 30.6 Å². The second kappa shape index (κ2) is 5.88. The van der Waals surface area contributed by atoms with Crippen LogP contribution in [0, 0.1) is 0 Å². The van der Waals surface area contributed by atoms with Gasteiger partial charge in [0.2, 0.25) is 5.91 Å². The van der Waals surface area contributed by atoms with E-state index in [-0.39, 0.29) is 10.5 Å². The Balaban J connectivity index is 1.91. The van der Waals surface area contributed by atoms with Crippen molar-refractivity contribution in [3.05, 3.63) is 54.1 Å². The van der Waals surface area contributed by atoms with E-state index in [2.05, 4.69) is 5.32 Å². The third kappa shape index (κ3) is 2.53. The van der Waals surface area contributed by atoms with Gasteiger partial charge in [0.15, 0.2) is 0 Å². The highest BCUT2D eigenvalue weighted by atomic mass is 32.2. The number of nitrogens with one attached hydrogen (secondary N) is 1. The molecular formula is C16H13N2O4S2-. The van der Waals surface area contributed by atoms with Gasteiger partial charge in [-0.05, 0) is 25.1 Å². The molecule has 0 saturated heterocycles. The molecule has 1 heterocycles. The zero-order chi connectivity index (χ0) is 17.5. The molecule has 0 aromatic heterocycles. The maximum Gasteiger partial charge on any atom is 0.269 e. The van der Waals surface area contributed by atoms with Crippen molar-refractivity contribution in [1.29, 1.82) is 0 Å². The second-order valence-electron chi connectivity index (χ2n) is 5.26. The molecule has 0 spiro atoms. The number of para-hydroxylation sites is 1. The molecule has 0 aliphatic carbocycles. The number of amides is 2. The van der Waals surface area contributed by atoms with E-state index in [9.17, 15) is 18.0 Å². The summed E-state index contributed by atoms with van der Waals surface area (Å²) in [5.74, 6) is -1.34. The average molecular weight is 361 g/mol. The van der Waals surface area contributed by atoms with E-state index in [1.807, 2.05) is 0 Å². The van der Waals surface area contributed by atoms with Crippen molar-refractivity contribution < 1.29 is 18.0 Å². The smallest absolute Gasteiger partial charge is 0.269 e. The van der Waals surface area contributed by atoms with Gasteiger partial charge in [-0.2, -0.15) is 4.90 Å². The summed E-state index contributed by atoms with van der Waals surface area (Å²) in [6.45, 7) is 1.36. The van der Waals surface area contributed by atoms with E-state index >= 15 is 0 Å². The highest BCUT2D eigenvalue weighted by Gasteiger charge is 2.45. The molecule has 0 bridgehead atoms. The van der Waals surface area contributed by atoms with Crippen molar-refractivity contribution in [3.63, 3.8) is 0 Å². The Kier molecular flexibility index (Phi) is 4.02. The van der Waals surface area contributed by atoms with Gasteiger partial charge in [0.1, 0.15) is 10.9 Å². The van der Waals surface area contributed by atoms with E-state index in [1.54, 1.807) is 30.3 Å². The molecule has 1 N–H and O–H groups in total. The fourth-order valence-electron chi connectivity index (χ4n) is 2.50. The van der Waals surface area contributed by atoms with Gasteiger partial charge in [0, 0.05) is 5.69 Å². The first-order valence-corrected chi connectivity index (χ1v) is 8.93. The number of benzene rings is 2. The summed E-state index contributed by atoms with van der Waals surface area (Å²) in [4.78, 5) is 25.2. The minimum absolute atomic E-state index is 0.0702. The number of sulfonamides is 1. The molecule has 8 heteroatoms. The molecule has 0 saturated carbocycles. The van der Waals surface area contributed by atoms with Crippen LogP contribution < -0.4 is 5.32 Å². The largest absolute Gasteiger partial charge is 0.778 e. The topological polar surface area (TPSA) is 83.6 Å². The van der Waals surface area contributed by atoms with Gasteiger partial charge in [-0.1, -0.05) is 30.3 Å². The highest BCUT2D eigenvalue weighted by Crippen LogP contribution is 2.32. The Morgan fingerprint density at radius 1 is 1.12 bits per heavy atom. The summed E-state index contributed by atoms with van der Waals surface area (Å²) in [6, 6.07) is 11.4. The number of hydrogen-bond donors (Lipinski definition) is 1. The van der Waals surface area contributed by atoms with Crippen LogP contribution in [0.15, 0.2) is 58.3 Å². The molecule has 2 aromatic rings. The molecule has 6 nitrogen and oxygen atoms in total. The van der Waals surface area contributed by atoms with Crippen molar-refractivity contribution in [3.8, 4) is 0 Å². The van der Waals surface area contributed by atoms with Crippen molar-refractivity contribution in [2.45, 2.75) is 22.8 Å². The summed E-state index contributed by atoms with van der Waals surface area (Å²) in [5.41, 5.74) is 0.465. The Labute approximate surface area is 144 Å². The number of anilines is 1. The lowest BCUT2D eigenvalue weighted by molar-refractivity contribution is -0.118. The van der Waals surface area contributed by atoms with E-state index < -0.39 is 27.9 Å².